The highest BCUT2D eigenvalue weighted by Gasteiger charge is 2.17. The topological polar surface area (TPSA) is 29.1 Å². The maximum Gasteiger partial charge on any atom is 0.254 e. The fourth-order valence-electron chi connectivity index (χ4n) is 1.60. The van der Waals surface area contributed by atoms with E-state index in [1.54, 1.807) is 0 Å². The minimum atomic E-state index is -0.829. The maximum absolute atomic E-state index is 13.5. The van der Waals surface area contributed by atoms with Gasteiger partial charge >= 0.3 is 0 Å². The summed E-state index contributed by atoms with van der Waals surface area (Å²) in [5.41, 5.74) is 0.150. The minimum Gasteiger partial charge on any atom is -0.349 e. The normalized spacial score (nSPS) is 12.3. The van der Waals surface area contributed by atoms with Gasteiger partial charge in [-0.25, -0.2) is 8.78 Å². The average molecular weight is 320 g/mol. The fourth-order valence-corrected chi connectivity index (χ4v) is 2.16. The molecule has 0 saturated carbocycles. The van der Waals surface area contributed by atoms with Crippen molar-refractivity contribution < 1.29 is 13.6 Å². The second-order valence-corrected chi connectivity index (χ2v) is 4.93. The van der Waals surface area contributed by atoms with Crippen molar-refractivity contribution in [3.8, 4) is 0 Å². The molecule has 0 aromatic heterocycles. The standard InChI is InChI=1S/C13H16BrF2NO/c1-3-9(4-5-14)17-13(18)10-6-8(2)11(15)7-12(10)16/h6-7,9H,3-5H2,1-2H3,(H,17,18). The van der Waals surface area contributed by atoms with E-state index in [1.165, 1.54) is 13.0 Å². The Morgan fingerprint density at radius 2 is 2.06 bits per heavy atom. The Hall–Kier alpha value is -0.970. The number of halogens is 3. The Kier molecular flexibility index (Phi) is 5.72. The van der Waals surface area contributed by atoms with Gasteiger partial charge in [-0.3, -0.25) is 4.79 Å². The number of aryl methyl sites for hydroxylation is 1. The molecule has 0 aliphatic rings. The Labute approximate surface area is 114 Å². The van der Waals surface area contributed by atoms with Crippen molar-refractivity contribution in [1.29, 1.82) is 0 Å². The van der Waals surface area contributed by atoms with E-state index in [-0.39, 0.29) is 17.2 Å². The van der Waals surface area contributed by atoms with Gasteiger partial charge in [0, 0.05) is 17.4 Å². The van der Waals surface area contributed by atoms with E-state index in [0.29, 0.717) is 0 Å². The first-order valence-corrected chi connectivity index (χ1v) is 6.94. The first kappa shape index (κ1) is 15.1. The summed E-state index contributed by atoms with van der Waals surface area (Å²) in [7, 11) is 0. The van der Waals surface area contributed by atoms with Crippen LogP contribution in [0.15, 0.2) is 12.1 Å². The Morgan fingerprint density at radius 3 is 2.61 bits per heavy atom. The molecule has 0 spiro atoms. The van der Waals surface area contributed by atoms with Gasteiger partial charge in [-0.05, 0) is 31.4 Å². The van der Waals surface area contributed by atoms with Gasteiger partial charge in [-0.2, -0.15) is 0 Å². The van der Waals surface area contributed by atoms with Crippen LogP contribution in [0.5, 0.6) is 0 Å². The highest BCUT2D eigenvalue weighted by atomic mass is 79.9. The summed E-state index contributed by atoms with van der Waals surface area (Å²) in [6, 6.07) is 1.97. The van der Waals surface area contributed by atoms with E-state index in [0.717, 1.165) is 24.2 Å². The largest absolute Gasteiger partial charge is 0.349 e. The number of carbonyl (C=O) groups excluding carboxylic acids is 1. The quantitative estimate of drug-likeness (QED) is 0.826. The zero-order valence-electron chi connectivity index (χ0n) is 10.4. The van der Waals surface area contributed by atoms with Crippen LogP contribution in [0.25, 0.3) is 0 Å². The molecule has 100 valence electrons. The van der Waals surface area contributed by atoms with Gasteiger partial charge in [0.2, 0.25) is 0 Å². The second kappa shape index (κ2) is 6.83. The van der Waals surface area contributed by atoms with Gasteiger partial charge in [0.25, 0.3) is 5.91 Å². The number of nitrogens with one attached hydrogen (secondary N) is 1. The van der Waals surface area contributed by atoms with Crippen molar-refractivity contribution in [1.82, 2.24) is 5.32 Å². The molecular formula is C13H16BrF2NO. The van der Waals surface area contributed by atoms with E-state index < -0.39 is 17.5 Å². The lowest BCUT2D eigenvalue weighted by Gasteiger charge is -2.16. The molecule has 1 N–H and O–H groups in total. The molecule has 2 nitrogen and oxygen atoms in total. The highest BCUT2D eigenvalue weighted by Crippen LogP contribution is 2.14. The Balaban J connectivity index is 2.87. The van der Waals surface area contributed by atoms with Crippen LogP contribution in [0.3, 0.4) is 0 Å². The Morgan fingerprint density at radius 1 is 1.39 bits per heavy atom. The van der Waals surface area contributed by atoms with Crippen molar-refractivity contribution >= 4 is 21.8 Å². The smallest absolute Gasteiger partial charge is 0.254 e. The second-order valence-electron chi connectivity index (χ2n) is 4.14. The summed E-state index contributed by atoms with van der Waals surface area (Å²) < 4.78 is 26.6. The molecule has 1 aromatic carbocycles. The Bertz CT molecular complexity index is 437. The predicted molar refractivity (Wildman–Crippen MR) is 71.1 cm³/mol. The summed E-state index contributed by atoms with van der Waals surface area (Å²) in [4.78, 5) is 11.9. The van der Waals surface area contributed by atoms with Gasteiger partial charge < -0.3 is 5.32 Å². The highest BCUT2D eigenvalue weighted by molar-refractivity contribution is 9.09. The predicted octanol–water partition coefficient (Wildman–Crippen LogP) is 3.57. The summed E-state index contributed by atoms with van der Waals surface area (Å²) in [6.45, 7) is 3.45. The summed E-state index contributed by atoms with van der Waals surface area (Å²) in [5.74, 6) is -1.97. The van der Waals surface area contributed by atoms with Crippen molar-refractivity contribution in [3.63, 3.8) is 0 Å². The zero-order chi connectivity index (χ0) is 13.7. The van der Waals surface area contributed by atoms with Gasteiger partial charge in [0.05, 0.1) is 5.56 Å². The molecule has 0 aliphatic heterocycles. The van der Waals surface area contributed by atoms with Crippen LogP contribution in [0.2, 0.25) is 0 Å². The molecule has 0 fully saturated rings. The first-order valence-electron chi connectivity index (χ1n) is 5.82. The lowest BCUT2D eigenvalue weighted by atomic mass is 10.1. The van der Waals surface area contributed by atoms with Crippen LogP contribution in [0.4, 0.5) is 8.78 Å². The van der Waals surface area contributed by atoms with Crippen molar-refractivity contribution in [2.24, 2.45) is 0 Å². The summed E-state index contributed by atoms with van der Waals surface area (Å²) in [5, 5.41) is 3.50. The van der Waals surface area contributed by atoms with Gasteiger partial charge in [0.15, 0.2) is 0 Å². The third kappa shape index (κ3) is 3.77. The van der Waals surface area contributed by atoms with Crippen molar-refractivity contribution in [2.45, 2.75) is 32.7 Å². The van der Waals surface area contributed by atoms with E-state index in [9.17, 15) is 13.6 Å². The molecule has 0 saturated heterocycles. The van der Waals surface area contributed by atoms with Crippen molar-refractivity contribution in [3.05, 3.63) is 34.9 Å². The number of amides is 1. The molecule has 1 unspecified atom stereocenters. The molecule has 18 heavy (non-hydrogen) atoms. The van der Waals surface area contributed by atoms with Crippen LogP contribution in [0, 0.1) is 18.6 Å². The van der Waals surface area contributed by atoms with E-state index in [4.69, 9.17) is 0 Å². The molecule has 0 heterocycles. The van der Waals surface area contributed by atoms with Gasteiger partial charge in [0.1, 0.15) is 11.6 Å². The first-order chi connectivity index (χ1) is 8.49. The number of carbonyl (C=O) groups is 1. The number of hydrogen-bond acceptors (Lipinski definition) is 1. The third-order valence-corrected chi connectivity index (χ3v) is 3.24. The molecule has 5 heteroatoms. The summed E-state index contributed by atoms with van der Waals surface area (Å²) in [6.07, 6.45) is 1.53. The van der Waals surface area contributed by atoms with Crippen molar-refractivity contribution in [2.75, 3.05) is 5.33 Å². The average Bonchev–Trinajstić information content (AvgIpc) is 2.33. The third-order valence-electron chi connectivity index (χ3n) is 2.78. The summed E-state index contributed by atoms with van der Waals surface area (Å²) >= 11 is 3.30. The molecule has 1 aromatic rings. The van der Waals surface area contributed by atoms with Gasteiger partial charge in [-0.1, -0.05) is 22.9 Å². The fraction of sp³-hybridized carbons (Fsp3) is 0.462. The molecule has 1 amide bonds. The van der Waals surface area contributed by atoms with Gasteiger partial charge in [-0.15, -0.1) is 0 Å². The van der Waals surface area contributed by atoms with E-state index >= 15 is 0 Å². The minimum absolute atomic E-state index is 0.0124. The van der Waals surface area contributed by atoms with Crippen LogP contribution in [-0.4, -0.2) is 17.3 Å². The van der Waals surface area contributed by atoms with Crippen LogP contribution >= 0.6 is 15.9 Å². The van der Waals surface area contributed by atoms with E-state index in [1.807, 2.05) is 6.92 Å². The lowest BCUT2D eigenvalue weighted by Crippen LogP contribution is -2.35. The number of alkyl halides is 1. The van der Waals surface area contributed by atoms with Crippen LogP contribution in [0.1, 0.15) is 35.7 Å². The maximum atomic E-state index is 13.5. The molecular weight excluding hydrogens is 304 g/mol. The zero-order valence-corrected chi connectivity index (χ0v) is 12.0. The molecule has 1 rings (SSSR count). The molecule has 0 bridgehead atoms. The number of rotatable bonds is 5. The van der Waals surface area contributed by atoms with Crippen LogP contribution in [-0.2, 0) is 0 Å². The van der Waals surface area contributed by atoms with Crippen LogP contribution < -0.4 is 5.32 Å². The molecule has 0 radical (unpaired) electrons. The van der Waals surface area contributed by atoms with E-state index in [2.05, 4.69) is 21.2 Å². The molecule has 1 atom stereocenters. The SMILES string of the molecule is CCC(CCBr)NC(=O)c1cc(C)c(F)cc1F. The monoisotopic (exact) mass is 319 g/mol. The number of hydrogen-bond donors (Lipinski definition) is 1. The number of benzene rings is 1. The molecule has 0 aliphatic carbocycles. The lowest BCUT2D eigenvalue weighted by molar-refractivity contribution is 0.0931.